The number of anilines is 1. The van der Waals surface area contributed by atoms with Crippen molar-refractivity contribution in [2.75, 3.05) is 18.4 Å². The summed E-state index contributed by atoms with van der Waals surface area (Å²) in [5.41, 5.74) is 1.05. The maximum Gasteiger partial charge on any atom is 0.322 e. The average Bonchev–Trinajstić information content (AvgIpc) is 2.78. The number of carbonyl (C=O) groups excluding carboxylic acids is 1. The lowest BCUT2D eigenvalue weighted by molar-refractivity contribution is 0.217. The van der Waals surface area contributed by atoms with Crippen LogP contribution in [0.1, 0.15) is 19.4 Å². The fourth-order valence-electron chi connectivity index (χ4n) is 2.10. The number of hydrogen-bond acceptors (Lipinski definition) is 2. The van der Waals surface area contributed by atoms with Crippen LogP contribution < -0.4 is 10.9 Å². The molecular formula is C15H20N4O2. The Morgan fingerprint density at radius 2 is 1.86 bits per heavy atom. The second-order valence-electron chi connectivity index (χ2n) is 4.69. The lowest BCUT2D eigenvalue weighted by atomic mass is 10.3. The minimum Gasteiger partial charge on any atom is -0.325 e. The molecule has 2 N–H and O–H groups in total. The highest BCUT2D eigenvalue weighted by molar-refractivity contribution is 5.88. The van der Waals surface area contributed by atoms with Crippen LogP contribution in [0.15, 0.2) is 35.1 Å². The first-order valence-electron chi connectivity index (χ1n) is 7.01. The normalized spacial score (nSPS) is 10.4. The number of rotatable bonds is 4. The number of H-pyrrole nitrogens is 1. The molecule has 2 rings (SSSR count). The molecule has 0 atom stereocenters. The Hall–Kier alpha value is -2.50. The van der Waals surface area contributed by atoms with Gasteiger partial charge in [-0.3, -0.25) is 15.2 Å². The van der Waals surface area contributed by atoms with Gasteiger partial charge >= 0.3 is 6.03 Å². The van der Waals surface area contributed by atoms with Gasteiger partial charge in [0, 0.05) is 13.1 Å². The van der Waals surface area contributed by atoms with Crippen LogP contribution in [0, 0.1) is 6.92 Å². The Morgan fingerprint density at radius 3 is 2.43 bits per heavy atom. The predicted octanol–water partition coefficient (Wildman–Crippen LogP) is 2.35. The number of urea groups is 1. The lowest BCUT2D eigenvalue weighted by Gasteiger charge is -2.18. The number of aromatic nitrogens is 2. The Labute approximate surface area is 123 Å². The fourth-order valence-corrected chi connectivity index (χ4v) is 2.10. The van der Waals surface area contributed by atoms with E-state index in [-0.39, 0.29) is 11.6 Å². The van der Waals surface area contributed by atoms with E-state index in [0.717, 1.165) is 5.69 Å². The van der Waals surface area contributed by atoms with E-state index in [4.69, 9.17) is 0 Å². The SMILES string of the molecule is CCN(CC)C(=O)Nc1[nH]n(-c2ccccc2)c(=O)c1C. The molecule has 1 heterocycles. The molecule has 0 saturated carbocycles. The number of amides is 2. The van der Waals surface area contributed by atoms with Gasteiger partial charge in [0.15, 0.2) is 0 Å². The largest absolute Gasteiger partial charge is 0.325 e. The lowest BCUT2D eigenvalue weighted by Crippen LogP contribution is -2.34. The minimum atomic E-state index is -0.218. The molecule has 0 bridgehead atoms. The molecule has 2 amide bonds. The van der Waals surface area contributed by atoms with Crippen molar-refractivity contribution < 1.29 is 4.79 Å². The molecule has 0 radical (unpaired) electrons. The zero-order chi connectivity index (χ0) is 15.4. The average molecular weight is 288 g/mol. The van der Waals surface area contributed by atoms with Gasteiger partial charge in [-0.1, -0.05) is 18.2 Å². The molecule has 2 aromatic rings. The molecule has 0 fully saturated rings. The Balaban J connectivity index is 2.31. The molecule has 0 unspecified atom stereocenters. The molecular weight excluding hydrogens is 268 g/mol. The van der Waals surface area contributed by atoms with Crippen LogP contribution >= 0.6 is 0 Å². The quantitative estimate of drug-likeness (QED) is 0.906. The van der Waals surface area contributed by atoms with Gasteiger partial charge in [0.05, 0.1) is 11.3 Å². The highest BCUT2D eigenvalue weighted by Crippen LogP contribution is 2.11. The molecule has 6 heteroatoms. The summed E-state index contributed by atoms with van der Waals surface area (Å²) < 4.78 is 1.42. The number of nitrogens with one attached hydrogen (secondary N) is 2. The van der Waals surface area contributed by atoms with Crippen molar-refractivity contribution in [2.24, 2.45) is 0 Å². The molecule has 0 aliphatic rings. The number of nitrogens with zero attached hydrogens (tertiary/aromatic N) is 2. The van der Waals surface area contributed by atoms with Gasteiger partial charge in [0.2, 0.25) is 0 Å². The third-order valence-electron chi connectivity index (χ3n) is 3.42. The van der Waals surface area contributed by atoms with E-state index in [1.807, 2.05) is 44.2 Å². The summed E-state index contributed by atoms with van der Waals surface area (Å²) in [6.07, 6.45) is 0. The van der Waals surface area contributed by atoms with Gasteiger partial charge < -0.3 is 4.90 Å². The number of aromatic amines is 1. The summed E-state index contributed by atoms with van der Waals surface area (Å²) >= 11 is 0. The van der Waals surface area contributed by atoms with Crippen LogP contribution in [0.3, 0.4) is 0 Å². The molecule has 0 aliphatic carbocycles. The maximum absolute atomic E-state index is 12.2. The van der Waals surface area contributed by atoms with Crippen LogP contribution in [0.5, 0.6) is 0 Å². The van der Waals surface area contributed by atoms with Gasteiger partial charge in [-0.05, 0) is 32.9 Å². The monoisotopic (exact) mass is 288 g/mol. The summed E-state index contributed by atoms with van der Waals surface area (Å²) in [6, 6.07) is 9.02. The zero-order valence-electron chi connectivity index (χ0n) is 12.5. The first-order valence-corrected chi connectivity index (χ1v) is 7.01. The molecule has 6 nitrogen and oxygen atoms in total. The summed E-state index contributed by atoms with van der Waals surface area (Å²) in [6.45, 7) is 6.74. The van der Waals surface area contributed by atoms with Crippen molar-refractivity contribution in [1.29, 1.82) is 0 Å². The van der Waals surface area contributed by atoms with Crippen LogP contribution in [0.25, 0.3) is 5.69 Å². The van der Waals surface area contributed by atoms with Crippen molar-refractivity contribution in [3.8, 4) is 5.69 Å². The van der Waals surface area contributed by atoms with Crippen molar-refractivity contribution in [1.82, 2.24) is 14.7 Å². The van der Waals surface area contributed by atoms with Gasteiger partial charge in [-0.15, -0.1) is 0 Å². The molecule has 1 aromatic heterocycles. The van der Waals surface area contributed by atoms with E-state index in [2.05, 4.69) is 10.4 Å². The Bertz CT molecular complexity index is 669. The fraction of sp³-hybridized carbons (Fsp3) is 0.333. The van der Waals surface area contributed by atoms with Crippen molar-refractivity contribution in [2.45, 2.75) is 20.8 Å². The first-order chi connectivity index (χ1) is 10.1. The summed E-state index contributed by atoms with van der Waals surface area (Å²) in [5, 5.41) is 5.70. The van der Waals surface area contributed by atoms with E-state index in [1.165, 1.54) is 4.68 Å². The van der Waals surface area contributed by atoms with Crippen LogP contribution in [-0.2, 0) is 0 Å². The summed E-state index contributed by atoms with van der Waals surface area (Å²) in [7, 11) is 0. The highest BCUT2D eigenvalue weighted by atomic mass is 16.2. The molecule has 1 aromatic carbocycles. The Morgan fingerprint density at radius 1 is 1.24 bits per heavy atom. The smallest absolute Gasteiger partial charge is 0.322 e. The number of para-hydroxylation sites is 1. The van der Waals surface area contributed by atoms with Gasteiger partial charge in [0.25, 0.3) is 5.56 Å². The van der Waals surface area contributed by atoms with Gasteiger partial charge in [-0.2, -0.15) is 0 Å². The van der Waals surface area contributed by atoms with Crippen molar-refractivity contribution in [3.63, 3.8) is 0 Å². The predicted molar refractivity (Wildman–Crippen MR) is 83.1 cm³/mol. The van der Waals surface area contributed by atoms with Gasteiger partial charge in [-0.25, -0.2) is 9.48 Å². The highest BCUT2D eigenvalue weighted by Gasteiger charge is 2.16. The summed E-state index contributed by atoms with van der Waals surface area (Å²) in [5.74, 6) is 0.431. The van der Waals surface area contributed by atoms with E-state index in [0.29, 0.717) is 24.5 Å². The molecule has 0 spiro atoms. The number of hydrogen-bond donors (Lipinski definition) is 2. The molecule has 0 aliphatic heterocycles. The van der Waals surface area contributed by atoms with Gasteiger partial charge in [0.1, 0.15) is 5.82 Å². The maximum atomic E-state index is 12.2. The first kappa shape index (κ1) is 14.9. The second-order valence-corrected chi connectivity index (χ2v) is 4.69. The van der Waals surface area contributed by atoms with E-state index in [9.17, 15) is 9.59 Å². The van der Waals surface area contributed by atoms with E-state index >= 15 is 0 Å². The molecule has 21 heavy (non-hydrogen) atoms. The number of carbonyl (C=O) groups is 1. The van der Waals surface area contributed by atoms with Crippen molar-refractivity contribution >= 4 is 11.8 Å². The van der Waals surface area contributed by atoms with E-state index < -0.39 is 0 Å². The topological polar surface area (TPSA) is 70.1 Å². The van der Waals surface area contributed by atoms with Crippen LogP contribution in [0.4, 0.5) is 10.6 Å². The minimum absolute atomic E-state index is 0.170. The molecule has 0 saturated heterocycles. The third kappa shape index (κ3) is 2.99. The van der Waals surface area contributed by atoms with E-state index in [1.54, 1.807) is 11.8 Å². The Kier molecular flexibility index (Phi) is 4.47. The molecule has 112 valence electrons. The number of benzene rings is 1. The van der Waals surface area contributed by atoms with Crippen LogP contribution in [0.2, 0.25) is 0 Å². The standard InChI is InChI=1S/C15H20N4O2/c1-4-18(5-2)15(21)16-13-11(3)14(20)19(17-13)12-9-7-6-8-10-12/h6-10,17H,4-5H2,1-3H3,(H,16,21). The third-order valence-corrected chi connectivity index (χ3v) is 3.42. The zero-order valence-corrected chi connectivity index (χ0v) is 12.5. The van der Waals surface area contributed by atoms with Crippen molar-refractivity contribution in [3.05, 3.63) is 46.2 Å². The summed E-state index contributed by atoms with van der Waals surface area (Å²) in [4.78, 5) is 26.0. The second kappa shape index (κ2) is 6.30. The van der Waals surface area contributed by atoms with Crippen LogP contribution in [-0.4, -0.2) is 33.8 Å².